The zero-order valence-electron chi connectivity index (χ0n) is 32.3. The molecule has 1 aliphatic carbocycles. The number of hydrogen-bond donors (Lipinski definition) is 0. The van der Waals surface area contributed by atoms with Crippen molar-refractivity contribution in [2.24, 2.45) is 0 Å². The van der Waals surface area contributed by atoms with E-state index in [2.05, 4.69) is 194 Å². The summed E-state index contributed by atoms with van der Waals surface area (Å²) in [5.74, 6) is 0. The van der Waals surface area contributed by atoms with Gasteiger partial charge in [0.05, 0.1) is 39.0 Å². The van der Waals surface area contributed by atoms with E-state index in [4.69, 9.17) is 15.0 Å². The van der Waals surface area contributed by atoms with Crippen LogP contribution in [0.1, 0.15) is 22.3 Å². The van der Waals surface area contributed by atoms with Crippen molar-refractivity contribution in [3.05, 3.63) is 222 Å². The highest BCUT2D eigenvalue weighted by Crippen LogP contribution is 2.64. The van der Waals surface area contributed by atoms with E-state index in [0.717, 1.165) is 66.5 Å². The van der Waals surface area contributed by atoms with Crippen molar-refractivity contribution in [3.8, 4) is 44.9 Å². The number of para-hydroxylation sites is 1. The van der Waals surface area contributed by atoms with Gasteiger partial charge < -0.3 is 0 Å². The molecule has 4 heterocycles. The summed E-state index contributed by atoms with van der Waals surface area (Å²) in [6.07, 6.45) is 0. The topological polar surface area (TPSA) is 38.7 Å². The molecule has 0 atom stereocenters. The maximum Gasteiger partial charge on any atom is 0.0972 e. The Morgan fingerprint density at radius 2 is 0.967 bits per heavy atom. The lowest BCUT2D eigenvalue weighted by Gasteiger charge is -2.40. The molecule has 4 heteroatoms. The van der Waals surface area contributed by atoms with E-state index < -0.39 is 5.41 Å². The molecule has 0 saturated heterocycles. The molecular formula is C56H33N3S. The Bertz CT molecular complexity index is 3530. The normalized spacial score (nSPS) is 13.4. The van der Waals surface area contributed by atoms with Gasteiger partial charge in [0.1, 0.15) is 0 Å². The highest BCUT2D eigenvalue weighted by atomic mass is 32.2. The Morgan fingerprint density at radius 1 is 0.383 bits per heavy atom. The van der Waals surface area contributed by atoms with Crippen LogP contribution in [0.5, 0.6) is 0 Å². The first-order chi connectivity index (χ1) is 29.7. The number of nitrogens with zero attached hydrogens (tertiary/aromatic N) is 3. The second-order valence-electron chi connectivity index (χ2n) is 15.8. The van der Waals surface area contributed by atoms with E-state index in [1.807, 2.05) is 17.8 Å². The predicted molar refractivity (Wildman–Crippen MR) is 248 cm³/mol. The maximum absolute atomic E-state index is 5.44. The summed E-state index contributed by atoms with van der Waals surface area (Å²) in [6.45, 7) is 0. The molecule has 1 spiro atoms. The SMILES string of the molecule is c1ccc(-c2ccc3ccc4ccc(-c5ccc6c(c5)C5(c7ccccc7-c7ccccc75)c5ccc7c(-c8ccccc8)nc8ccccc8c7c5S6)nc4c3n2)cc1. The summed E-state index contributed by atoms with van der Waals surface area (Å²) in [7, 11) is 0. The van der Waals surface area contributed by atoms with Crippen LogP contribution in [0.2, 0.25) is 0 Å². The van der Waals surface area contributed by atoms with Crippen LogP contribution in [0.3, 0.4) is 0 Å². The standard InChI is InChI=1S/C56H33N3S/c1-3-13-34(14-4-1)47-30-25-36-23-24-37-26-31-48(58-54(37)53(36)57-47)38-27-32-50-46(33-38)56(43-20-10-7-17-39(43)40-18-8-11-21-44(40)56)45-29-28-42-51(55(45)60-50)41-19-9-12-22-49(41)59-52(42)35-15-5-2-6-16-35/h1-33H. The molecule has 3 nitrogen and oxygen atoms in total. The molecule has 0 radical (unpaired) electrons. The van der Waals surface area contributed by atoms with Crippen LogP contribution >= 0.6 is 11.8 Å². The molecule has 13 rings (SSSR count). The molecule has 1 aliphatic heterocycles. The van der Waals surface area contributed by atoms with Crippen molar-refractivity contribution in [2.45, 2.75) is 15.2 Å². The van der Waals surface area contributed by atoms with E-state index in [1.165, 1.54) is 53.9 Å². The Morgan fingerprint density at radius 3 is 1.67 bits per heavy atom. The number of benzene rings is 8. The third kappa shape index (κ3) is 4.71. The molecule has 0 bridgehead atoms. The Labute approximate surface area is 351 Å². The molecule has 0 fully saturated rings. The van der Waals surface area contributed by atoms with E-state index >= 15 is 0 Å². The van der Waals surface area contributed by atoms with Crippen LogP contribution in [0.4, 0.5) is 0 Å². The molecule has 278 valence electrons. The first kappa shape index (κ1) is 33.6. The number of rotatable bonds is 3. The van der Waals surface area contributed by atoms with Crippen molar-refractivity contribution in [1.29, 1.82) is 0 Å². The van der Waals surface area contributed by atoms with Crippen molar-refractivity contribution >= 4 is 55.2 Å². The van der Waals surface area contributed by atoms with Gasteiger partial charge in [0, 0.05) is 53.4 Å². The number of aromatic nitrogens is 3. The maximum atomic E-state index is 5.44. The van der Waals surface area contributed by atoms with Crippen molar-refractivity contribution in [1.82, 2.24) is 15.0 Å². The van der Waals surface area contributed by atoms with Gasteiger partial charge in [-0.05, 0) is 63.7 Å². The Balaban J connectivity index is 1.09. The fourth-order valence-electron chi connectivity index (χ4n) is 10.1. The van der Waals surface area contributed by atoms with Gasteiger partial charge in [-0.25, -0.2) is 15.0 Å². The van der Waals surface area contributed by atoms with Crippen molar-refractivity contribution in [2.75, 3.05) is 0 Å². The lowest BCUT2D eigenvalue weighted by Crippen LogP contribution is -2.32. The van der Waals surface area contributed by atoms with Gasteiger partial charge in [0.15, 0.2) is 0 Å². The van der Waals surface area contributed by atoms with Gasteiger partial charge in [-0.2, -0.15) is 0 Å². The van der Waals surface area contributed by atoms with Crippen LogP contribution in [-0.4, -0.2) is 15.0 Å². The first-order valence-corrected chi connectivity index (χ1v) is 21.3. The van der Waals surface area contributed by atoms with Crippen LogP contribution in [-0.2, 0) is 5.41 Å². The molecule has 3 aromatic heterocycles. The molecule has 8 aromatic carbocycles. The van der Waals surface area contributed by atoms with E-state index in [9.17, 15) is 0 Å². The molecule has 0 unspecified atom stereocenters. The largest absolute Gasteiger partial charge is 0.247 e. The zero-order valence-corrected chi connectivity index (χ0v) is 33.1. The molecule has 0 saturated carbocycles. The molecule has 0 amide bonds. The monoisotopic (exact) mass is 779 g/mol. The third-order valence-electron chi connectivity index (χ3n) is 12.7. The summed E-state index contributed by atoms with van der Waals surface area (Å²) in [5.41, 5.74) is 16.2. The van der Waals surface area contributed by atoms with Crippen LogP contribution in [0.25, 0.3) is 88.4 Å². The predicted octanol–water partition coefficient (Wildman–Crippen LogP) is 14.3. The number of hydrogen-bond acceptors (Lipinski definition) is 4. The minimum atomic E-state index is -0.569. The van der Waals surface area contributed by atoms with Gasteiger partial charge in [0.25, 0.3) is 0 Å². The van der Waals surface area contributed by atoms with Crippen LogP contribution < -0.4 is 0 Å². The number of pyridine rings is 3. The van der Waals surface area contributed by atoms with Crippen molar-refractivity contribution in [3.63, 3.8) is 0 Å². The van der Waals surface area contributed by atoms with Crippen LogP contribution in [0.15, 0.2) is 210 Å². The van der Waals surface area contributed by atoms with Gasteiger partial charge in [-0.15, -0.1) is 0 Å². The summed E-state index contributed by atoms with van der Waals surface area (Å²) >= 11 is 1.89. The molecule has 60 heavy (non-hydrogen) atoms. The summed E-state index contributed by atoms with van der Waals surface area (Å²) in [4.78, 5) is 18.5. The molecular weight excluding hydrogens is 747 g/mol. The highest BCUT2D eigenvalue weighted by molar-refractivity contribution is 7.99. The quantitative estimate of drug-likeness (QED) is 0.167. The Kier molecular flexibility index (Phi) is 7.16. The van der Waals surface area contributed by atoms with E-state index in [-0.39, 0.29) is 0 Å². The zero-order chi connectivity index (χ0) is 39.4. The number of fused-ring (bicyclic) bond motifs is 16. The minimum absolute atomic E-state index is 0.569. The summed E-state index contributed by atoms with van der Waals surface area (Å²) in [5, 5.41) is 5.74. The molecule has 0 N–H and O–H groups in total. The molecule has 2 aliphatic rings. The van der Waals surface area contributed by atoms with Crippen LogP contribution in [0, 0.1) is 0 Å². The fraction of sp³-hybridized carbons (Fsp3) is 0.0179. The average Bonchev–Trinajstić information content (AvgIpc) is 3.61. The van der Waals surface area contributed by atoms with Gasteiger partial charge in [-0.1, -0.05) is 182 Å². The smallest absolute Gasteiger partial charge is 0.0972 e. The van der Waals surface area contributed by atoms with E-state index in [0.29, 0.717) is 0 Å². The van der Waals surface area contributed by atoms with Gasteiger partial charge >= 0.3 is 0 Å². The Hall–Kier alpha value is -7.40. The lowest BCUT2D eigenvalue weighted by molar-refractivity contribution is 0.726. The second-order valence-corrected chi connectivity index (χ2v) is 16.9. The van der Waals surface area contributed by atoms with Gasteiger partial charge in [0.2, 0.25) is 0 Å². The second kappa shape index (κ2) is 12.8. The van der Waals surface area contributed by atoms with Crippen molar-refractivity contribution < 1.29 is 0 Å². The third-order valence-corrected chi connectivity index (χ3v) is 13.9. The average molecular weight is 780 g/mol. The lowest BCUT2D eigenvalue weighted by atomic mass is 9.66. The van der Waals surface area contributed by atoms with E-state index in [1.54, 1.807) is 0 Å². The minimum Gasteiger partial charge on any atom is -0.247 e. The summed E-state index contributed by atoms with van der Waals surface area (Å²) < 4.78 is 0. The highest BCUT2D eigenvalue weighted by Gasteiger charge is 2.50. The van der Waals surface area contributed by atoms with Gasteiger partial charge in [-0.3, -0.25) is 0 Å². The first-order valence-electron chi connectivity index (χ1n) is 20.4. The fourth-order valence-corrected chi connectivity index (χ4v) is 11.4. The molecule has 11 aromatic rings. The summed E-state index contributed by atoms with van der Waals surface area (Å²) in [6, 6.07) is 72.4.